The van der Waals surface area contributed by atoms with Gasteiger partial charge in [-0.05, 0) is 42.8 Å². The van der Waals surface area contributed by atoms with Crippen LogP contribution in [0.15, 0.2) is 60.7 Å². The van der Waals surface area contributed by atoms with Gasteiger partial charge in [0.15, 0.2) is 17.3 Å². The highest BCUT2D eigenvalue weighted by Gasteiger charge is 2.46. The van der Waals surface area contributed by atoms with Crippen LogP contribution in [0.5, 0.6) is 5.75 Å². The van der Waals surface area contributed by atoms with Gasteiger partial charge in [0.05, 0.1) is 25.2 Å². The summed E-state index contributed by atoms with van der Waals surface area (Å²) in [5.74, 6) is -1.01. The molecule has 0 aliphatic heterocycles. The molecule has 136 valence electrons. The van der Waals surface area contributed by atoms with E-state index in [4.69, 9.17) is 9.47 Å². The predicted octanol–water partition coefficient (Wildman–Crippen LogP) is 3.94. The molecule has 2 aromatic rings. The van der Waals surface area contributed by atoms with Crippen molar-refractivity contribution in [2.45, 2.75) is 18.4 Å². The zero-order chi connectivity index (χ0) is 18.6. The van der Waals surface area contributed by atoms with Crippen molar-refractivity contribution in [3.63, 3.8) is 0 Å². The Morgan fingerprint density at radius 1 is 1.19 bits per heavy atom. The molecule has 3 rings (SSSR count). The minimum Gasteiger partial charge on any atom is -0.494 e. The van der Waals surface area contributed by atoms with Crippen molar-refractivity contribution in [3.05, 3.63) is 72.1 Å². The summed E-state index contributed by atoms with van der Waals surface area (Å²) >= 11 is 0. The molecule has 0 aromatic heterocycles. The largest absolute Gasteiger partial charge is 0.494 e. The minimum atomic E-state index is -0.782. The van der Waals surface area contributed by atoms with E-state index >= 15 is 0 Å². The molecule has 0 fully saturated rings. The Bertz CT molecular complexity index is 806. The number of allylic oxidation sites excluding steroid dienone is 1. The number of carbonyl (C=O) groups excluding carboxylic acids is 1. The van der Waals surface area contributed by atoms with Crippen LogP contribution in [0.2, 0.25) is 0 Å². The van der Waals surface area contributed by atoms with Crippen molar-refractivity contribution < 1.29 is 18.7 Å². The molecule has 4 nitrogen and oxygen atoms in total. The van der Waals surface area contributed by atoms with Crippen molar-refractivity contribution >= 4 is 11.5 Å². The van der Waals surface area contributed by atoms with Crippen LogP contribution in [0, 0.1) is 5.82 Å². The molecular weight excluding hydrogens is 333 g/mol. The average molecular weight is 355 g/mol. The molecule has 1 aliphatic rings. The number of ether oxygens (including phenoxy) is 2. The lowest BCUT2D eigenvalue weighted by atomic mass is 9.81. The maximum absolute atomic E-state index is 14.3. The summed E-state index contributed by atoms with van der Waals surface area (Å²) in [6.07, 6.45) is 3.37. The molecule has 1 aliphatic carbocycles. The monoisotopic (exact) mass is 355 g/mol. The third-order valence-corrected chi connectivity index (χ3v) is 4.55. The molecule has 0 spiro atoms. The molecule has 0 saturated heterocycles. The number of hydrogen-bond donors (Lipinski definition) is 1. The number of carbonyl (C=O) groups is 1. The number of para-hydroxylation sites is 1. The van der Waals surface area contributed by atoms with Crippen LogP contribution in [0.1, 0.15) is 18.4 Å². The van der Waals surface area contributed by atoms with E-state index in [0.717, 1.165) is 5.69 Å². The Balaban J connectivity index is 2.01. The summed E-state index contributed by atoms with van der Waals surface area (Å²) in [5.41, 5.74) is 0.669. The second-order valence-corrected chi connectivity index (χ2v) is 6.23. The Labute approximate surface area is 152 Å². The van der Waals surface area contributed by atoms with Crippen LogP contribution in [0.25, 0.3) is 0 Å². The molecule has 0 amide bonds. The highest BCUT2D eigenvalue weighted by Crippen LogP contribution is 2.40. The Hall–Kier alpha value is -2.66. The van der Waals surface area contributed by atoms with E-state index in [9.17, 15) is 9.18 Å². The highest BCUT2D eigenvalue weighted by molar-refractivity contribution is 6.01. The number of benzene rings is 2. The van der Waals surface area contributed by atoms with Crippen molar-refractivity contribution in [2.24, 2.45) is 0 Å². The minimum absolute atomic E-state index is 0.0855. The number of anilines is 1. The fourth-order valence-electron chi connectivity index (χ4n) is 3.34. The molecule has 0 saturated carbocycles. The van der Waals surface area contributed by atoms with Gasteiger partial charge in [-0.15, -0.1) is 0 Å². The van der Waals surface area contributed by atoms with Crippen LogP contribution >= 0.6 is 0 Å². The smallest absolute Gasteiger partial charge is 0.165 e. The number of nitrogens with one attached hydrogen (secondary N) is 1. The number of hydrogen-bond acceptors (Lipinski definition) is 4. The van der Waals surface area contributed by atoms with Crippen molar-refractivity contribution in [3.8, 4) is 5.75 Å². The molecule has 2 atom stereocenters. The maximum Gasteiger partial charge on any atom is 0.165 e. The maximum atomic E-state index is 14.3. The first-order valence-electron chi connectivity index (χ1n) is 8.57. The second kappa shape index (κ2) is 7.70. The molecule has 1 N–H and O–H groups in total. The lowest BCUT2D eigenvalue weighted by molar-refractivity contribution is -0.116. The first kappa shape index (κ1) is 18.1. The zero-order valence-corrected chi connectivity index (χ0v) is 14.9. The number of methoxy groups -OCH3 is 1. The van der Waals surface area contributed by atoms with E-state index in [1.54, 1.807) is 18.2 Å². The Kier molecular flexibility index (Phi) is 5.38. The Morgan fingerprint density at radius 3 is 2.62 bits per heavy atom. The standard InChI is InChI=1S/C21H22FNO3/c1-3-26-14-21(23-16-7-5-4-6-8-16)12-11-18(24)20(21)15-9-10-19(25-2)17(22)13-15/h4-13,20,23H,3,14H2,1-2H3/t20-,21+/m1/s1. The number of ketones is 1. The van der Waals surface area contributed by atoms with Gasteiger partial charge in [-0.25, -0.2) is 4.39 Å². The summed E-state index contributed by atoms with van der Waals surface area (Å²) in [6.45, 7) is 2.71. The van der Waals surface area contributed by atoms with Gasteiger partial charge in [0.1, 0.15) is 0 Å². The predicted molar refractivity (Wildman–Crippen MR) is 99.1 cm³/mol. The first-order valence-corrected chi connectivity index (χ1v) is 8.57. The quantitative estimate of drug-likeness (QED) is 0.817. The second-order valence-electron chi connectivity index (χ2n) is 6.23. The van der Waals surface area contributed by atoms with Gasteiger partial charge in [0.2, 0.25) is 0 Å². The SMILES string of the molecule is CCOC[C@@]1(Nc2ccccc2)C=CC(=O)[C@H]1c1ccc(OC)c(F)c1. The highest BCUT2D eigenvalue weighted by atomic mass is 19.1. The molecule has 0 heterocycles. The lowest BCUT2D eigenvalue weighted by Crippen LogP contribution is -2.46. The van der Waals surface area contributed by atoms with Crippen LogP contribution in [-0.2, 0) is 9.53 Å². The van der Waals surface area contributed by atoms with Gasteiger partial charge in [-0.2, -0.15) is 0 Å². The summed E-state index contributed by atoms with van der Waals surface area (Å²) in [4.78, 5) is 12.7. The number of halogens is 1. The van der Waals surface area contributed by atoms with Gasteiger partial charge >= 0.3 is 0 Å². The van der Waals surface area contributed by atoms with Crippen molar-refractivity contribution in [2.75, 3.05) is 25.6 Å². The van der Waals surface area contributed by atoms with E-state index in [2.05, 4.69) is 5.32 Å². The lowest BCUT2D eigenvalue weighted by Gasteiger charge is -2.36. The summed E-state index contributed by atoms with van der Waals surface area (Å²) in [5, 5.41) is 3.43. The zero-order valence-electron chi connectivity index (χ0n) is 14.9. The fourth-order valence-corrected chi connectivity index (χ4v) is 3.34. The third kappa shape index (κ3) is 3.48. The van der Waals surface area contributed by atoms with Gasteiger partial charge in [0.25, 0.3) is 0 Å². The molecule has 2 aromatic carbocycles. The molecule has 0 unspecified atom stereocenters. The summed E-state index contributed by atoms with van der Waals surface area (Å²) < 4.78 is 24.9. The van der Waals surface area contributed by atoms with Gasteiger partial charge < -0.3 is 14.8 Å². The van der Waals surface area contributed by atoms with Crippen LogP contribution < -0.4 is 10.1 Å². The average Bonchev–Trinajstić information content (AvgIpc) is 2.97. The molecule has 26 heavy (non-hydrogen) atoms. The normalized spacial score (nSPS) is 21.8. The van der Waals surface area contributed by atoms with Crippen LogP contribution in [-0.4, -0.2) is 31.6 Å². The van der Waals surface area contributed by atoms with Gasteiger partial charge in [-0.3, -0.25) is 4.79 Å². The van der Waals surface area contributed by atoms with E-state index in [1.807, 2.05) is 43.3 Å². The summed E-state index contributed by atoms with van der Waals surface area (Å²) in [7, 11) is 1.41. The fraction of sp³-hybridized carbons (Fsp3) is 0.286. The summed E-state index contributed by atoms with van der Waals surface area (Å²) in [6, 6.07) is 14.2. The molecule has 0 bridgehead atoms. The molecule has 0 radical (unpaired) electrons. The van der Waals surface area contributed by atoms with Crippen molar-refractivity contribution in [1.82, 2.24) is 0 Å². The van der Waals surface area contributed by atoms with Crippen LogP contribution in [0.3, 0.4) is 0 Å². The molecular formula is C21H22FNO3. The number of rotatable bonds is 7. The van der Waals surface area contributed by atoms with Gasteiger partial charge in [0, 0.05) is 12.3 Å². The Morgan fingerprint density at radius 2 is 1.96 bits per heavy atom. The van der Waals surface area contributed by atoms with Crippen molar-refractivity contribution in [1.29, 1.82) is 0 Å². The molecule has 5 heteroatoms. The topological polar surface area (TPSA) is 47.6 Å². The van der Waals surface area contributed by atoms with E-state index in [1.165, 1.54) is 13.2 Å². The van der Waals surface area contributed by atoms with E-state index < -0.39 is 17.3 Å². The van der Waals surface area contributed by atoms with E-state index in [0.29, 0.717) is 18.8 Å². The van der Waals surface area contributed by atoms with E-state index in [-0.39, 0.29) is 11.5 Å². The van der Waals surface area contributed by atoms with Gasteiger partial charge in [-0.1, -0.05) is 30.3 Å². The van der Waals surface area contributed by atoms with Crippen LogP contribution in [0.4, 0.5) is 10.1 Å². The third-order valence-electron chi connectivity index (χ3n) is 4.55. The first-order chi connectivity index (χ1) is 12.6.